The van der Waals surface area contributed by atoms with Gasteiger partial charge in [-0.25, -0.2) is 9.59 Å². The van der Waals surface area contributed by atoms with Crippen molar-refractivity contribution in [3.05, 3.63) is 35.9 Å². The second-order valence-corrected chi connectivity index (χ2v) is 11.4. The fourth-order valence-corrected chi connectivity index (χ4v) is 3.86. The van der Waals surface area contributed by atoms with Crippen molar-refractivity contribution in [2.45, 2.75) is 96.9 Å². The van der Waals surface area contributed by atoms with Gasteiger partial charge in [0, 0.05) is 13.1 Å². The molecule has 0 spiro atoms. The molecule has 2 amide bonds. The third kappa shape index (κ3) is 9.66. The molecule has 0 unspecified atom stereocenters. The number of hydrogen-bond acceptors (Lipinski definition) is 7. The quantitative estimate of drug-likeness (QED) is 0.509. The van der Waals surface area contributed by atoms with Crippen molar-refractivity contribution in [1.82, 2.24) is 15.5 Å². The molecule has 0 aliphatic carbocycles. The average molecular weight is 494 g/mol. The number of alkyl carbamates (subject to hydrolysis) is 1. The molecule has 1 aromatic rings. The summed E-state index contributed by atoms with van der Waals surface area (Å²) in [6.07, 6.45) is -1.49. The first-order chi connectivity index (χ1) is 16.1. The Bertz CT molecular complexity index is 832. The Kier molecular flexibility index (Phi) is 9.56. The van der Waals surface area contributed by atoms with Gasteiger partial charge in [-0.2, -0.15) is 0 Å². The van der Waals surface area contributed by atoms with Gasteiger partial charge in [-0.1, -0.05) is 30.3 Å². The Labute approximate surface area is 209 Å². The molecule has 0 aromatic heterocycles. The van der Waals surface area contributed by atoms with Gasteiger partial charge in [-0.05, 0) is 67.4 Å². The topological polar surface area (TPSA) is 109 Å². The van der Waals surface area contributed by atoms with Gasteiger partial charge >= 0.3 is 12.2 Å². The summed E-state index contributed by atoms with van der Waals surface area (Å²) in [6, 6.07) is 8.80. The van der Waals surface area contributed by atoms with Crippen LogP contribution in [0.1, 0.15) is 61.0 Å². The van der Waals surface area contributed by atoms with Crippen molar-refractivity contribution in [3.63, 3.8) is 0 Å². The van der Waals surface area contributed by atoms with E-state index in [1.807, 2.05) is 65.0 Å². The minimum atomic E-state index is -0.895. The highest BCUT2D eigenvalue weighted by Gasteiger charge is 2.45. The Morgan fingerprint density at radius 2 is 1.71 bits per heavy atom. The number of carbonyl (C=O) groups is 2. The van der Waals surface area contributed by atoms with E-state index in [1.165, 1.54) is 0 Å². The number of rotatable bonds is 8. The number of nitrogens with one attached hydrogen (secondary N) is 2. The molecule has 0 saturated carbocycles. The molecule has 1 aliphatic rings. The van der Waals surface area contributed by atoms with Gasteiger partial charge in [-0.3, -0.25) is 4.90 Å². The van der Waals surface area contributed by atoms with E-state index < -0.39 is 41.3 Å². The first-order valence-corrected chi connectivity index (χ1v) is 12.2. The molecule has 3 N–H and O–H groups in total. The van der Waals surface area contributed by atoms with Gasteiger partial charge in [0.05, 0.1) is 24.8 Å². The maximum absolute atomic E-state index is 12.8. The van der Waals surface area contributed by atoms with Crippen LogP contribution in [-0.4, -0.2) is 77.0 Å². The van der Waals surface area contributed by atoms with E-state index in [0.717, 1.165) is 5.56 Å². The highest BCUT2D eigenvalue weighted by atomic mass is 16.6. The molecule has 0 bridgehead atoms. The molecule has 1 fully saturated rings. The summed E-state index contributed by atoms with van der Waals surface area (Å²) in [5.41, 5.74) is -1.09. The van der Waals surface area contributed by atoms with Crippen LogP contribution in [0.5, 0.6) is 0 Å². The van der Waals surface area contributed by atoms with E-state index in [2.05, 4.69) is 10.6 Å². The van der Waals surface area contributed by atoms with Crippen molar-refractivity contribution < 1.29 is 28.9 Å². The van der Waals surface area contributed by atoms with Crippen molar-refractivity contribution in [3.8, 4) is 0 Å². The van der Waals surface area contributed by atoms with Crippen molar-refractivity contribution in [2.75, 3.05) is 19.7 Å². The molecule has 35 heavy (non-hydrogen) atoms. The van der Waals surface area contributed by atoms with Crippen molar-refractivity contribution in [2.24, 2.45) is 0 Å². The van der Waals surface area contributed by atoms with Crippen molar-refractivity contribution >= 4 is 12.2 Å². The molecule has 198 valence electrons. The van der Waals surface area contributed by atoms with Crippen LogP contribution in [-0.2, 0) is 20.6 Å². The lowest BCUT2D eigenvalue weighted by Gasteiger charge is -2.35. The smallest absolute Gasteiger partial charge is 0.412 e. The number of ether oxygens (including phenoxy) is 3. The highest BCUT2D eigenvalue weighted by molar-refractivity contribution is 5.70. The maximum Gasteiger partial charge on any atom is 0.412 e. The predicted octanol–water partition coefficient (Wildman–Crippen LogP) is 3.44. The summed E-state index contributed by atoms with van der Waals surface area (Å²) in [5.74, 6) is 0. The summed E-state index contributed by atoms with van der Waals surface area (Å²) in [7, 11) is 0. The molecule has 9 nitrogen and oxygen atoms in total. The fraction of sp³-hybridized carbons (Fsp3) is 0.692. The minimum absolute atomic E-state index is 0.201. The van der Waals surface area contributed by atoms with Crippen LogP contribution >= 0.6 is 0 Å². The van der Waals surface area contributed by atoms with E-state index in [0.29, 0.717) is 19.6 Å². The molecular weight excluding hydrogens is 450 g/mol. The van der Waals surface area contributed by atoms with Crippen molar-refractivity contribution in [1.29, 1.82) is 0 Å². The zero-order chi connectivity index (χ0) is 26.4. The number of nitrogens with zero attached hydrogens (tertiary/aromatic N) is 1. The number of aliphatic hydroxyl groups is 1. The molecule has 3 atom stereocenters. The normalized spacial score (nSPS) is 19.7. The summed E-state index contributed by atoms with van der Waals surface area (Å²) < 4.78 is 16.8. The third-order valence-electron chi connectivity index (χ3n) is 5.36. The van der Waals surface area contributed by atoms with Crippen LogP contribution in [0.3, 0.4) is 0 Å². The lowest BCUT2D eigenvalue weighted by Crippen LogP contribution is -2.54. The molecule has 9 heteroatoms. The zero-order valence-corrected chi connectivity index (χ0v) is 22.4. The van der Waals surface area contributed by atoms with Gasteiger partial charge in [0.2, 0.25) is 0 Å². The summed E-state index contributed by atoms with van der Waals surface area (Å²) in [5, 5.41) is 17.0. The summed E-state index contributed by atoms with van der Waals surface area (Å²) in [4.78, 5) is 26.8. The van der Waals surface area contributed by atoms with Crippen LogP contribution < -0.4 is 10.6 Å². The minimum Gasteiger partial charge on any atom is -0.444 e. The van der Waals surface area contributed by atoms with Crippen LogP contribution in [0.4, 0.5) is 9.59 Å². The number of hydrogen-bond donors (Lipinski definition) is 3. The molecule has 2 rings (SSSR count). The highest BCUT2D eigenvalue weighted by Crippen LogP contribution is 2.29. The molecule has 0 radical (unpaired) electrons. The SMILES string of the molecule is CC(C)(C)OC(=O)N[C@@H](Cc1ccccc1)[C@H](O)CNC[C@@H]1COC(C)(C)N1C(=O)OC(C)(C)C. The van der Waals surface area contributed by atoms with E-state index in [4.69, 9.17) is 14.2 Å². The molecule has 1 saturated heterocycles. The first-order valence-electron chi connectivity index (χ1n) is 12.2. The zero-order valence-electron chi connectivity index (χ0n) is 22.4. The Morgan fingerprint density at radius 1 is 1.11 bits per heavy atom. The van der Waals surface area contributed by atoms with Gasteiger partial charge in [0.15, 0.2) is 0 Å². The average Bonchev–Trinajstić information content (AvgIpc) is 2.99. The number of carbonyl (C=O) groups excluding carboxylic acids is 2. The number of amides is 2. The lowest BCUT2D eigenvalue weighted by atomic mass is 10.0. The number of benzene rings is 1. The first kappa shape index (κ1) is 28.9. The second-order valence-electron chi connectivity index (χ2n) is 11.4. The monoisotopic (exact) mass is 493 g/mol. The lowest BCUT2D eigenvalue weighted by molar-refractivity contribution is -0.0624. The third-order valence-corrected chi connectivity index (χ3v) is 5.36. The molecular formula is C26H43N3O6. The second kappa shape index (κ2) is 11.6. The predicted molar refractivity (Wildman–Crippen MR) is 134 cm³/mol. The largest absolute Gasteiger partial charge is 0.444 e. The Morgan fingerprint density at radius 3 is 2.29 bits per heavy atom. The summed E-state index contributed by atoms with van der Waals surface area (Å²) in [6.45, 7) is 15.4. The Balaban J connectivity index is 2.01. The number of aliphatic hydroxyl groups excluding tert-OH is 1. The van der Waals surface area contributed by atoms with Gasteiger partial charge in [0.1, 0.15) is 16.9 Å². The molecule has 1 heterocycles. The van der Waals surface area contributed by atoms with E-state index >= 15 is 0 Å². The summed E-state index contributed by atoms with van der Waals surface area (Å²) >= 11 is 0. The molecule has 1 aliphatic heterocycles. The van der Waals surface area contributed by atoms with Gasteiger partial charge in [-0.15, -0.1) is 0 Å². The van der Waals surface area contributed by atoms with Crippen LogP contribution in [0, 0.1) is 0 Å². The van der Waals surface area contributed by atoms with Crippen LogP contribution in [0.2, 0.25) is 0 Å². The van der Waals surface area contributed by atoms with E-state index in [9.17, 15) is 14.7 Å². The van der Waals surface area contributed by atoms with Gasteiger partial charge < -0.3 is 30.0 Å². The molecule has 1 aromatic carbocycles. The Hall–Kier alpha value is -2.36. The van der Waals surface area contributed by atoms with Gasteiger partial charge in [0.25, 0.3) is 0 Å². The van der Waals surface area contributed by atoms with E-state index in [-0.39, 0.29) is 12.6 Å². The standard InChI is InChI=1S/C26H43N3O6/c1-24(2,3)34-22(31)28-20(14-18-12-10-9-11-13-18)21(30)16-27-15-19-17-33-26(7,8)29(19)23(32)35-25(4,5)6/h9-13,19-21,27,30H,14-17H2,1-8H3,(H,28,31)/t19-,20+,21-/m1/s1. The maximum atomic E-state index is 12.8. The van der Waals surface area contributed by atoms with Crippen LogP contribution in [0.25, 0.3) is 0 Å². The van der Waals surface area contributed by atoms with E-state index in [1.54, 1.807) is 25.7 Å². The fourth-order valence-electron chi connectivity index (χ4n) is 3.86. The van der Waals surface area contributed by atoms with Crippen LogP contribution in [0.15, 0.2) is 30.3 Å².